The summed E-state index contributed by atoms with van der Waals surface area (Å²) in [4.78, 5) is 3.45. The summed E-state index contributed by atoms with van der Waals surface area (Å²) in [5.41, 5.74) is -1.25. The number of alkyl halides is 3. The van der Waals surface area contributed by atoms with Crippen LogP contribution in [0.25, 0.3) is 0 Å². The van der Waals surface area contributed by atoms with Crippen LogP contribution in [0.4, 0.5) is 13.2 Å². The first-order chi connectivity index (χ1) is 6.45. The van der Waals surface area contributed by atoms with Crippen molar-refractivity contribution in [3.63, 3.8) is 0 Å². The summed E-state index contributed by atoms with van der Waals surface area (Å²) in [5, 5.41) is 8.25. The number of hydrogen-bond acceptors (Lipinski definition) is 2. The third kappa shape index (κ3) is 2.36. The van der Waals surface area contributed by atoms with Gasteiger partial charge in [-0.25, -0.2) is 4.98 Å². The fraction of sp³-hybridized carbons (Fsp3) is 0.250. The summed E-state index contributed by atoms with van der Waals surface area (Å²) >= 11 is 5.41. The van der Waals surface area contributed by atoms with Gasteiger partial charge in [-0.3, -0.25) is 0 Å². The zero-order valence-corrected chi connectivity index (χ0v) is 7.52. The van der Waals surface area contributed by atoms with E-state index < -0.39 is 18.2 Å². The maximum absolute atomic E-state index is 12.3. The van der Waals surface area contributed by atoms with Gasteiger partial charge in [-0.15, -0.1) is 0 Å². The topological polar surface area (TPSA) is 36.7 Å². The Bertz CT molecular complexity index is 381. The van der Waals surface area contributed by atoms with Gasteiger partial charge in [0.15, 0.2) is 0 Å². The van der Waals surface area contributed by atoms with Crippen LogP contribution < -0.4 is 0 Å². The predicted molar refractivity (Wildman–Crippen MR) is 43.6 cm³/mol. The Balaban J connectivity index is 3.23. The molecule has 0 fully saturated rings. The molecule has 0 amide bonds. The maximum atomic E-state index is 12.3. The molecule has 0 unspecified atom stereocenters. The zero-order chi connectivity index (χ0) is 10.8. The second-order valence-corrected chi connectivity index (χ2v) is 2.85. The van der Waals surface area contributed by atoms with E-state index in [-0.39, 0.29) is 10.8 Å². The second-order valence-electron chi connectivity index (χ2n) is 2.46. The van der Waals surface area contributed by atoms with Gasteiger partial charge in [-0.2, -0.15) is 18.4 Å². The SMILES string of the molecule is N#CCc1nc(Cl)ccc1C(F)(F)F. The van der Waals surface area contributed by atoms with Crippen molar-refractivity contribution in [1.29, 1.82) is 5.26 Å². The molecule has 0 saturated carbocycles. The molecule has 74 valence electrons. The molecule has 0 radical (unpaired) electrons. The van der Waals surface area contributed by atoms with Crippen LogP contribution in [0.5, 0.6) is 0 Å². The molecule has 0 saturated heterocycles. The molecule has 2 nitrogen and oxygen atoms in total. The van der Waals surface area contributed by atoms with Gasteiger partial charge in [-0.1, -0.05) is 11.6 Å². The van der Waals surface area contributed by atoms with Crippen LogP contribution in [0.3, 0.4) is 0 Å². The van der Waals surface area contributed by atoms with Crippen molar-refractivity contribution < 1.29 is 13.2 Å². The highest BCUT2D eigenvalue weighted by molar-refractivity contribution is 6.29. The molecule has 1 rings (SSSR count). The van der Waals surface area contributed by atoms with Crippen molar-refractivity contribution in [2.24, 2.45) is 0 Å². The van der Waals surface area contributed by atoms with E-state index in [9.17, 15) is 13.2 Å². The lowest BCUT2D eigenvalue weighted by Crippen LogP contribution is -2.10. The van der Waals surface area contributed by atoms with Crippen molar-refractivity contribution in [3.05, 3.63) is 28.5 Å². The summed E-state index contributed by atoms with van der Waals surface area (Å²) in [6.07, 6.45) is -4.90. The quantitative estimate of drug-likeness (QED) is 0.683. The third-order valence-electron chi connectivity index (χ3n) is 1.49. The molecular formula is C8H4ClF3N2. The molecule has 0 atom stereocenters. The van der Waals surface area contributed by atoms with Crippen molar-refractivity contribution in [3.8, 4) is 6.07 Å². The van der Waals surface area contributed by atoms with E-state index in [1.54, 1.807) is 6.07 Å². The fourth-order valence-electron chi connectivity index (χ4n) is 0.942. The summed E-state index contributed by atoms with van der Waals surface area (Å²) in [5.74, 6) is 0. The smallest absolute Gasteiger partial charge is 0.239 e. The first-order valence-corrected chi connectivity index (χ1v) is 3.92. The molecule has 1 aromatic rings. The average Bonchev–Trinajstić information content (AvgIpc) is 2.02. The molecule has 0 N–H and O–H groups in total. The second kappa shape index (κ2) is 3.84. The minimum Gasteiger partial charge on any atom is -0.239 e. The van der Waals surface area contributed by atoms with Crippen LogP contribution in [-0.4, -0.2) is 4.98 Å². The Kier molecular flexibility index (Phi) is 2.96. The Morgan fingerprint density at radius 1 is 1.43 bits per heavy atom. The van der Waals surface area contributed by atoms with Crippen LogP contribution in [0.15, 0.2) is 12.1 Å². The van der Waals surface area contributed by atoms with Gasteiger partial charge in [0.05, 0.1) is 23.7 Å². The van der Waals surface area contributed by atoms with Crippen LogP contribution in [0.2, 0.25) is 5.15 Å². The van der Waals surface area contributed by atoms with Gasteiger partial charge >= 0.3 is 6.18 Å². The largest absolute Gasteiger partial charge is 0.418 e. The number of pyridine rings is 1. The van der Waals surface area contributed by atoms with Gasteiger partial charge < -0.3 is 0 Å². The molecule has 6 heteroatoms. The maximum Gasteiger partial charge on any atom is 0.418 e. The van der Waals surface area contributed by atoms with E-state index in [1.165, 1.54) is 0 Å². The van der Waals surface area contributed by atoms with Crippen LogP contribution in [-0.2, 0) is 12.6 Å². The highest BCUT2D eigenvalue weighted by atomic mass is 35.5. The highest BCUT2D eigenvalue weighted by Gasteiger charge is 2.33. The first kappa shape index (κ1) is 10.8. The van der Waals surface area contributed by atoms with Crippen molar-refractivity contribution in [2.45, 2.75) is 12.6 Å². The lowest BCUT2D eigenvalue weighted by molar-refractivity contribution is -0.138. The number of halogens is 4. The van der Waals surface area contributed by atoms with Crippen molar-refractivity contribution in [1.82, 2.24) is 4.98 Å². The van der Waals surface area contributed by atoms with E-state index in [0.717, 1.165) is 12.1 Å². The lowest BCUT2D eigenvalue weighted by atomic mass is 10.1. The Morgan fingerprint density at radius 2 is 2.07 bits per heavy atom. The third-order valence-corrected chi connectivity index (χ3v) is 1.70. The van der Waals surface area contributed by atoms with Gasteiger partial charge in [0, 0.05) is 0 Å². The molecule has 0 spiro atoms. The van der Waals surface area contributed by atoms with Gasteiger partial charge in [0.1, 0.15) is 5.15 Å². The molecular weight excluding hydrogens is 217 g/mol. The molecule has 1 aromatic heterocycles. The fourth-order valence-corrected chi connectivity index (χ4v) is 1.11. The first-order valence-electron chi connectivity index (χ1n) is 3.54. The molecule has 0 aliphatic rings. The average molecular weight is 221 g/mol. The Hall–Kier alpha value is -1.28. The number of nitriles is 1. The normalized spacial score (nSPS) is 11.1. The van der Waals surface area contributed by atoms with Crippen LogP contribution in [0, 0.1) is 11.3 Å². The monoisotopic (exact) mass is 220 g/mol. The standard InChI is InChI=1S/C8H4ClF3N2/c9-7-2-1-5(8(10,11)12)6(14-7)3-4-13/h1-2H,3H2. The van der Waals surface area contributed by atoms with Gasteiger partial charge in [0.2, 0.25) is 0 Å². The zero-order valence-electron chi connectivity index (χ0n) is 6.77. The highest BCUT2D eigenvalue weighted by Crippen LogP contribution is 2.31. The number of hydrogen-bond donors (Lipinski definition) is 0. The minimum absolute atomic E-state index is 0.0525. The molecule has 14 heavy (non-hydrogen) atoms. The number of nitrogens with zero attached hydrogens (tertiary/aromatic N) is 2. The Morgan fingerprint density at radius 3 is 2.57 bits per heavy atom. The predicted octanol–water partition coefficient (Wildman–Crippen LogP) is 2.82. The molecule has 0 aliphatic heterocycles. The van der Waals surface area contributed by atoms with E-state index >= 15 is 0 Å². The number of rotatable bonds is 1. The minimum atomic E-state index is -4.50. The number of aromatic nitrogens is 1. The van der Waals surface area contributed by atoms with Gasteiger partial charge in [0.25, 0.3) is 0 Å². The summed E-state index contributed by atoms with van der Waals surface area (Å²) in [6, 6.07) is 3.47. The Labute approximate surface area is 82.9 Å². The van der Waals surface area contributed by atoms with Crippen molar-refractivity contribution in [2.75, 3.05) is 0 Å². The van der Waals surface area contributed by atoms with Crippen LogP contribution in [0.1, 0.15) is 11.3 Å². The van der Waals surface area contributed by atoms with Crippen LogP contribution >= 0.6 is 11.6 Å². The van der Waals surface area contributed by atoms with E-state index in [1.807, 2.05) is 0 Å². The lowest BCUT2D eigenvalue weighted by Gasteiger charge is -2.09. The molecule has 1 heterocycles. The van der Waals surface area contributed by atoms with E-state index in [2.05, 4.69) is 4.98 Å². The summed E-state index contributed by atoms with van der Waals surface area (Å²) in [7, 11) is 0. The molecule has 0 aromatic carbocycles. The van der Waals surface area contributed by atoms with Crippen molar-refractivity contribution >= 4 is 11.6 Å². The molecule has 0 aliphatic carbocycles. The van der Waals surface area contributed by atoms with E-state index in [4.69, 9.17) is 16.9 Å². The van der Waals surface area contributed by atoms with E-state index in [0.29, 0.717) is 0 Å². The molecule has 0 bridgehead atoms. The summed E-state index contributed by atoms with van der Waals surface area (Å²) in [6.45, 7) is 0. The van der Waals surface area contributed by atoms with Gasteiger partial charge in [-0.05, 0) is 12.1 Å². The summed E-state index contributed by atoms with van der Waals surface area (Å²) < 4.78 is 36.9.